The van der Waals surface area contributed by atoms with Crippen LogP contribution in [0.1, 0.15) is 18.0 Å². The van der Waals surface area contributed by atoms with Gasteiger partial charge in [-0.05, 0) is 46.7 Å². The molecule has 6 rings (SSSR count). The van der Waals surface area contributed by atoms with Crippen molar-refractivity contribution in [1.82, 2.24) is 0 Å². The van der Waals surface area contributed by atoms with Crippen LogP contribution in [0.5, 0.6) is 5.75 Å². The lowest BCUT2D eigenvalue weighted by molar-refractivity contribution is -0.666. The van der Waals surface area contributed by atoms with Crippen molar-refractivity contribution in [2.75, 3.05) is 11.9 Å². The number of para-hydroxylation sites is 1. The van der Waals surface area contributed by atoms with E-state index in [4.69, 9.17) is 14.6 Å². The average Bonchev–Trinajstić information content (AvgIpc) is 3.04. The van der Waals surface area contributed by atoms with Crippen LogP contribution in [0.2, 0.25) is 0 Å². The minimum absolute atomic E-state index is 0.298. The molecule has 4 aromatic rings. The predicted octanol–water partition coefficient (Wildman–Crippen LogP) is 4.21. The van der Waals surface area contributed by atoms with Crippen LogP contribution in [-0.4, -0.2) is 18.8 Å². The largest absolute Gasteiger partial charge is 0.542 e. The molecule has 0 bridgehead atoms. The first-order valence-electron chi connectivity index (χ1n) is 10.4. The number of nitrogens with zero attached hydrogens (tertiary/aromatic N) is 1. The summed E-state index contributed by atoms with van der Waals surface area (Å²) in [7, 11) is 0. The summed E-state index contributed by atoms with van der Waals surface area (Å²) in [6.45, 7) is 1.83. The molecule has 1 N–H and O–H groups in total. The SMILES string of the molecule is O=C([O-])C(F)(F)F.c1ccc2c3c(ccc2c1)OCC[C@@H]1C[n+]2c(sc4ccccc42)N[C@H]31. The number of benzene rings is 3. The van der Waals surface area contributed by atoms with E-state index in [2.05, 4.69) is 70.5 Å². The highest BCUT2D eigenvalue weighted by Crippen LogP contribution is 2.44. The van der Waals surface area contributed by atoms with Gasteiger partial charge < -0.3 is 14.6 Å². The number of alkyl halides is 3. The third-order valence-electron chi connectivity index (χ3n) is 5.99. The number of carboxylic acid groups (broad SMARTS) is 1. The zero-order chi connectivity index (χ0) is 23.2. The number of carbonyl (C=O) groups excluding carboxylic acids is 1. The number of anilines is 1. The van der Waals surface area contributed by atoms with Gasteiger partial charge in [0.15, 0.2) is 0 Å². The molecule has 33 heavy (non-hydrogen) atoms. The fourth-order valence-electron chi connectivity index (χ4n) is 4.52. The molecule has 0 amide bonds. The Labute approximate surface area is 191 Å². The predicted molar refractivity (Wildman–Crippen MR) is 117 cm³/mol. The van der Waals surface area contributed by atoms with E-state index >= 15 is 0 Å². The molecule has 9 heteroatoms. The highest BCUT2D eigenvalue weighted by Gasteiger charge is 2.41. The van der Waals surface area contributed by atoms with Crippen LogP contribution in [0.4, 0.5) is 18.3 Å². The minimum Gasteiger partial charge on any atom is -0.542 e. The second-order valence-corrected chi connectivity index (χ2v) is 9.02. The molecule has 3 aromatic carbocycles. The maximum absolute atomic E-state index is 10.5. The second-order valence-electron chi connectivity index (χ2n) is 7.99. The second kappa shape index (κ2) is 8.22. The third kappa shape index (κ3) is 3.97. The van der Waals surface area contributed by atoms with E-state index in [-0.39, 0.29) is 0 Å². The van der Waals surface area contributed by atoms with Crippen molar-refractivity contribution >= 4 is 43.4 Å². The van der Waals surface area contributed by atoms with E-state index in [0.717, 1.165) is 25.3 Å². The smallest absolute Gasteiger partial charge is 0.430 e. The molecular formula is C24H19F3N2O3S. The maximum atomic E-state index is 10.5. The summed E-state index contributed by atoms with van der Waals surface area (Å²) < 4.78 is 41.5. The van der Waals surface area contributed by atoms with Crippen LogP contribution in [0.3, 0.4) is 0 Å². The zero-order valence-corrected chi connectivity index (χ0v) is 18.1. The quantitative estimate of drug-likeness (QED) is 0.390. The Kier molecular flexibility index (Phi) is 5.36. The van der Waals surface area contributed by atoms with Crippen molar-refractivity contribution in [3.63, 3.8) is 0 Å². The van der Waals surface area contributed by atoms with E-state index in [1.54, 1.807) is 0 Å². The molecule has 0 fully saturated rings. The van der Waals surface area contributed by atoms with Crippen molar-refractivity contribution in [3.8, 4) is 5.75 Å². The summed E-state index contributed by atoms with van der Waals surface area (Å²) in [4.78, 5) is 8.78. The van der Waals surface area contributed by atoms with Gasteiger partial charge in [-0.15, -0.1) is 0 Å². The lowest BCUT2D eigenvalue weighted by Crippen LogP contribution is -2.47. The van der Waals surface area contributed by atoms with Crippen LogP contribution in [0.25, 0.3) is 21.0 Å². The fraction of sp³-hybridized carbons (Fsp3) is 0.250. The van der Waals surface area contributed by atoms with E-state index in [1.807, 2.05) is 11.3 Å². The Morgan fingerprint density at radius 2 is 1.82 bits per heavy atom. The molecule has 2 aliphatic heterocycles. The summed E-state index contributed by atoms with van der Waals surface area (Å²) in [5.74, 6) is -1.44. The van der Waals surface area contributed by atoms with Crippen molar-refractivity contribution < 1.29 is 32.4 Å². The average molecular weight is 472 g/mol. The molecule has 3 heterocycles. The molecule has 0 saturated heterocycles. The molecule has 1 aromatic heterocycles. The van der Waals surface area contributed by atoms with Crippen LogP contribution < -0.4 is 19.7 Å². The molecule has 0 spiro atoms. The molecule has 0 aliphatic carbocycles. The Morgan fingerprint density at radius 1 is 1.09 bits per heavy atom. The lowest BCUT2D eigenvalue weighted by Gasteiger charge is -2.27. The first kappa shape index (κ1) is 21.5. The van der Waals surface area contributed by atoms with Gasteiger partial charge in [0.2, 0.25) is 0 Å². The number of hydrogen-bond acceptors (Lipinski definition) is 5. The van der Waals surface area contributed by atoms with Gasteiger partial charge in [-0.25, -0.2) is 4.57 Å². The zero-order valence-electron chi connectivity index (χ0n) is 17.3. The molecule has 2 aliphatic rings. The Hall–Kier alpha value is -3.33. The van der Waals surface area contributed by atoms with Gasteiger partial charge in [-0.1, -0.05) is 42.5 Å². The summed E-state index contributed by atoms with van der Waals surface area (Å²) in [5, 5.41) is 16.5. The lowest BCUT2D eigenvalue weighted by atomic mass is 9.87. The van der Waals surface area contributed by atoms with Gasteiger partial charge >= 0.3 is 11.3 Å². The number of aliphatic carboxylic acids is 1. The number of aromatic nitrogens is 1. The number of nitrogens with one attached hydrogen (secondary N) is 1. The molecule has 0 unspecified atom stereocenters. The number of carboxylic acids is 1. The van der Waals surface area contributed by atoms with E-state index in [0.29, 0.717) is 12.0 Å². The first-order valence-corrected chi connectivity index (χ1v) is 11.2. The number of thiazole rings is 1. The summed E-state index contributed by atoms with van der Waals surface area (Å²) >= 11 is 1.85. The molecule has 170 valence electrons. The van der Waals surface area contributed by atoms with Gasteiger partial charge in [-0.3, -0.25) is 5.32 Å². The number of hydrogen-bond donors (Lipinski definition) is 1. The number of fused-ring (bicyclic) bond motifs is 8. The van der Waals surface area contributed by atoms with Crippen LogP contribution in [0.15, 0.2) is 60.7 Å². The van der Waals surface area contributed by atoms with Gasteiger partial charge in [-0.2, -0.15) is 13.2 Å². The topological polar surface area (TPSA) is 65.3 Å². The minimum atomic E-state index is -5.19. The highest BCUT2D eigenvalue weighted by atomic mass is 32.1. The van der Waals surface area contributed by atoms with Gasteiger partial charge in [0.1, 0.15) is 23.3 Å². The number of rotatable bonds is 0. The molecule has 5 nitrogen and oxygen atoms in total. The summed E-state index contributed by atoms with van der Waals surface area (Å²) in [6, 6.07) is 22.0. The number of halogens is 3. The molecular weight excluding hydrogens is 453 g/mol. The van der Waals surface area contributed by atoms with E-state index in [9.17, 15) is 13.2 Å². The number of ether oxygens (including phenoxy) is 1. The van der Waals surface area contributed by atoms with Crippen molar-refractivity contribution in [2.45, 2.75) is 25.2 Å². The standard InChI is InChI=1S/C22H18N2OS.C2HF3O2/c1-2-6-16-14(5-1)9-10-18-20(16)21-15(11-12-25-18)13-24-17-7-3-4-8-19(17)26-22(24)23-21;3-2(4,5)1(6)7/h1-10,15,21H,11-13H2;(H,6,7)/t15-,21+;/m1./s1. The van der Waals surface area contributed by atoms with Crippen LogP contribution in [-0.2, 0) is 11.3 Å². The van der Waals surface area contributed by atoms with E-state index in [1.165, 1.54) is 31.7 Å². The first-order chi connectivity index (χ1) is 15.8. The van der Waals surface area contributed by atoms with Crippen molar-refractivity contribution in [1.29, 1.82) is 0 Å². The van der Waals surface area contributed by atoms with Gasteiger partial charge in [0.05, 0.1) is 17.9 Å². The normalized spacial score (nSPS) is 19.1. The van der Waals surface area contributed by atoms with Crippen LogP contribution >= 0.6 is 11.3 Å². The van der Waals surface area contributed by atoms with Gasteiger partial charge in [0, 0.05) is 11.5 Å². The van der Waals surface area contributed by atoms with E-state index < -0.39 is 12.1 Å². The maximum Gasteiger partial charge on any atom is 0.430 e. The Bertz CT molecular complexity index is 1350. The fourth-order valence-corrected chi connectivity index (χ4v) is 5.63. The third-order valence-corrected chi connectivity index (χ3v) is 7.09. The Morgan fingerprint density at radius 3 is 2.61 bits per heavy atom. The highest BCUT2D eigenvalue weighted by molar-refractivity contribution is 7.21. The van der Waals surface area contributed by atoms with Crippen LogP contribution in [0, 0.1) is 5.92 Å². The van der Waals surface area contributed by atoms with Crippen molar-refractivity contribution in [3.05, 3.63) is 66.2 Å². The molecule has 0 saturated carbocycles. The summed E-state index contributed by atoms with van der Waals surface area (Å²) in [5.41, 5.74) is 2.66. The molecule has 2 atom stereocenters. The summed E-state index contributed by atoms with van der Waals surface area (Å²) in [6.07, 6.45) is -4.13. The Balaban J connectivity index is 0.000000287. The van der Waals surface area contributed by atoms with Gasteiger partial charge in [0.25, 0.3) is 0 Å². The monoisotopic (exact) mass is 472 g/mol. The van der Waals surface area contributed by atoms with Crippen molar-refractivity contribution in [2.24, 2.45) is 5.92 Å². The number of carbonyl (C=O) groups is 1. The molecule has 0 radical (unpaired) electrons.